The molecule has 0 spiro atoms. The molecule has 74 valence electrons. The van der Waals surface area contributed by atoms with Gasteiger partial charge < -0.3 is 11.1 Å². The van der Waals surface area contributed by atoms with Crippen LogP contribution in [0.3, 0.4) is 0 Å². The first kappa shape index (κ1) is 10.3. The number of rotatable bonds is 4. The van der Waals surface area contributed by atoms with E-state index in [-0.39, 0.29) is 0 Å². The minimum absolute atomic E-state index is 0.462. The van der Waals surface area contributed by atoms with Crippen molar-refractivity contribution in [2.45, 2.75) is 12.8 Å². The Kier molecular flexibility index (Phi) is 3.16. The second-order valence-corrected chi connectivity index (χ2v) is 3.57. The monoisotopic (exact) mass is 207 g/mol. The van der Waals surface area contributed by atoms with Crippen LogP contribution in [-0.2, 0) is 0 Å². The summed E-state index contributed by atoms with van der Waals surface area (Å²) in [6.45, 7) is 0.698. The van der Waals surface area contributed by atoms with E-state index in [0.29, 0.717) is 5.13 Å². The molecule has 0 saturated heterocycles. The maximum atomic E-state index is 12.6. The van der Waals surface area contributed by atoms with Crippen molar-refractivity contribution in [3.8, 4) is 0 Å². The zero-order valence-corrected chi connectivity index (χ0v) is 8.00. The third-order valence-corrected chi connectivity index (χ3v) is 2.33. The highest BCUT2D eigenvalue weighted by Crippen LogP contribution is 2.17. The molecule has 0 fully saturated rings. The Hall–Kier alpha value is -0.750. The van der Waals surface area contributed by atoms with Crippen LogP contribution >= 0.6 is 11.3 Å². The van der Waals surface area contributed by atoms with Crippen LogP contribution in [0.25, 0.3) is 0 Å². The molecule has 3 N–H and O–H groups in total. The predicted octanol–water partition coefficient (Wildman–Crippen LogP) is 1.46. The van der Waals surface area contributed by atoms with E-state index in [9.17, 15) is 8.78 Å². The predicted molar refractivity (Wildman–Crippen MR) is 49.3 cm³/mol. The number of nitrogens with two attached hydrogens (primary N) is 1. The van der Waals surface area contributed by atoms with Crippen molar-refractivity contribution in [3.05, 3.63) is 11.1 Å². The Morgan fingerprint density at radius 3 is 2.85 bits per heavy atom. The molecule has 0 aliphatic rings. The molecule has 0 radical (unpaired) electrons. The van der Waals surface area contributed by atoms with Gasteiger partial charge in [-0.2, -0.15) is 0 Å². The number of hydrogen-bond donors (Lipinski definition) is 2. The first-order chi connectivity index (χ1) is 6.03. The van der Waals surface area contributed by atoms with E-state index in [4.69, 9.17) is 5.73 Å². The number of thiazole rings is 1. The lowest BCUT2D eigenvalue weighted by molar-refractivity contribution is 0.0254. The lowest BCUT2D eigenvalue weighted by Gasteiger charge is -2.13. The fourth-order valence-corrected chi connectivity index (χ4v) is 1.40. The van der Waals surface area contributed by atoms with Crippen molar-refractivity contribution < 1.29 is 8.78 Å². The van der Waals surface area contributed by atoms with Gasteiger partial charge in [-0.25, -0.2) is 13.8 Å². The van der Waals surface area contributed by atoms with Gasteiger partial charge in [0.25, 0.3) is 5.92 Å². The standard InChI is InChI=1S/C7H11F2N3S/c1-5-2-13-6(12-5)11-4-7(8,9)3-10/h2H,3-4,10H2,1H3,(H,11,12). The number of alkyl halides is 2. The van der Waals surface area contributed by atoms with Crippen molar-refractivity contribution in [3.63, 3.8) is 0 Å². The molecule has 1 heterocycles. The molecule has 0 bridgehead atoms. The van der Waals surface area contributed by atoms with Crippen LogP contribution in [0.4, 0.5) is 13.9 Å². The summed E-state index contributed by atoms with van der Waals surface area (Å²) in [4.78, 5) is 3.98. The minimum Gasteiger partial charge on any atom is -0.355 e. The molecule has 1 aromatic heterocycles. The summed E-state index contributed by atoms with van der Waals surface area (Å²) >= 11 is 1.30. The molecule has 0 atom stereocenters. The summed E-state index contributed by atoms with van der Waals surface area (Å²) < 4.78 is 25.3. The Labute approximate surface area is 79.0 Å². The number of aromatic nitrogens is 1. The van der Waals surface area contributed by atoms with E-state index in [1.807, 2.05) is 6.92 Å². The Morgan fingerprint density at radius 1 is 1.69 bits per heavy atom. The third kappa shape index (κ3) is 3.23. The Balaban J connectivity index is 2.43. The topological polar surface area (TPSA) is 50.9 Å². The quantitative estimate of drug-likeness (QED) is 0.785. The lowest BCUT2D eigenvalue weighted by atomic mass is 10.3. The van der Waals surface area contributed by atoms with Gasteiger partial charge in [-0.3, -0.25) is 0 Å². The highest BCUT2D eigenvalue weighted by molar-refractivity contribution is 7.13. The first-order valence-corrected chi connectivity index (χ1v) is 4.65. The number of halogens is 2. The van der Waals surface area contributed by atoms with Crippen molar-refractivity contribution in [2.24, 2.45) is 5.73 Å². The SMILES string of the molecule is Cc1csc(NCC(F)(F)CN)n1. The lowest BCUT2D eigenvalue weighted by Crippen LogP contribution is -2.35. The zero-order valence-electron chi connectivity index (χ0n) is 7.18. The van der Waals surface area contributed by atoms with Gasteiger partial charge >= 0.3 is 0 Å². The van der Waals surface area contributed by atoms with Gasteiger partial charge in [0.05, 0.1) is 18.8 Å². The van der Waals surface area contributed by atoms with Gasteiger partial charge in [0, 0.05) is 5.38 Å². The molecule has 3 nitrogen and oxygen atoms in total. The van der Waals surface area contributed by atoms with E-state index in [1.165, 1.54) is 11.3 Å². The Bertz CT molecular complexity index is 274. The number of nitrogens with zero attached hydrogens (tertiary/aromatic N) is 1. The third-order valence-electron chi connectivity index (χ3n) is 1.42. The van der Waals surface area contributed by atoms with Gasteiger partial charge in [0.15, 0.2) is 5.13 Å². The van der Waals surface area contributed by atoms with Crippen LogP contribution < -0.4 is 11.1 Å². The maximum Gasteiger partial charge on any atom is 0.276 e. The number of aryl methyl sites for hydroxylation is 1. The zero-order chi connectivity index (χ0) is 9.90. The molecule has 0 saturated carbocycles. The molecule has 0 amide bonds. The molecule has 0 aliphatic heterocycles. The summed E-state index contributed by atoms with van der Waals surface area (Å²) in [7, 11) is 0. The Morgan fingerprint density at radius 2 is 2.38 bits per heavy atom. The largest absolute Gasteiger partial charge is 0.355 e. The highest BCUT2D eigenvalue weighted by Gasteiger charge is 2.26. The van der Waals surface area contributed by atoms with Crippen LogP contribution in [-0.4, -0.2) is 24.0 Å². The molecule has 1 rings (SSSR count). The number of anilines is 1. The van der Waals surface area contributed by atoms with Crippen LogP contribution in [0.2, 0.25) is 0 Å². The van der Waals surface area contributed by atoms with E-state index in [1.54, 1.807) is 5.38 Å². The van der Waals surface area contributed by atoms with Crippen LogP contribution in [0.5, 0.6) is 0 Å². The average Bonchev–Trinajstić information content (AvgIpc) is 2.48. The van der Waals surface area contributed by atoms with Gasteiger partial charge in [-0.1, -0.05) is 0 Å². The van der Waals surface area contributed by atoms with E-state index in [0.717, 1.165) is 5.69 Å². The van der Waals surface area contributed by atoms with Crippen molar-refractivity contribution in [1.82, 2.24) is 4.98 Å². The fourth-order valence-electron chi connectivity index (χ4n) is 0.712. The molecular formula is C7H11F2N3S. The molecule has 13 heavy (non-hydrogen) atoms. The van der Waals surface area contributed by atoms with E-state index < -0.39 is 19.0 Å². The normalized spacial score (nSPS) is 11.7. The van der Waals surface area contributed by atoms with E-state index in [2.05, 4.69) is 10.3 Å². The summed E-state index contributed by atoms with van der Waals surface area (Å²) in [5, 5.41) is 4.83. The van der Waals surface area contributed by atoms with Crippen LogP contribution in [0.15, 0.2) is 5.38 Å². The summed E-state index contributed by atoms with van der Waals surface area (Å²) in [6, 6.07) is 0. The van der Waals surface area contributed by atoms with Gasteiger partial charge in [-0.05, 0) is 6.92 Å². The summed E-state index contributed by atoms with van der Waals surface area (Å²) in [5.74, 6) is -2.86. The summed E-state index contributed by atoms with van der Waals surface area (Å²) in [6.07, 6.45) is 0. The number of hydrogen-bond acceptors (Lipinski definition) is 4. The van der Waals surface area contributed by atoms with Crippen LogP contribution in [0.1, 0.15) is 5.69 Å². The molecular weight excluding hydrogens is 196 g/mol. The van der Waals surface area contributed by atoms with Gasteiger partial charge in [-0.15, -0.1) is 11.3 Å². The van der Waals surface area contributed by atoms with Gasteiger partial charge in [0.2, 0.25) is 0 Å². The first-order valence-electron chi connectivity index (χ1n) is 3.77. The molecule has 1 aromatic rings. The van der Waals surface area contributed by atoms with Crippen molar-refractivity contribution in [2.75, 3.05) is 18.4 Å². The average molecular weight is 207 g/mol. The van der Waals surface area contributed by atoms with Gasteiger partial charge in [0.1, 0.15) is 0 Å². The molecule has 0 aromatic carbocycles. The smallest absolute Gasteiger partial charge is 0.276 e. The number of nitrogens with one attached hydrogen (secondary N) is 1. The fraction of sp³-hybridized carbons (Fsp3) is 0.571. The second kappa shape index (κ2) is 3.97. The molecule has 0 aliphatic carbocycles. The molecule has 6 heteroatoms. The maximum absolute atomic E-state index is 12.6. The molecule has 0 unspecified atom stereocenters. The summed E-state index contributed by atoms with van der Waals surface area (Å²) in [5.41, 5.74) is 5.69. The van der Waals surface area contributed by atoms with Crippen LogP contribution in [0, 0.1) is 6.92 Å². The minimum atomic E-state index is -2.86. The second-order valence-electron chi connectivity index (χ2n) is 2.71. The van der Waals surface area contributed by atoms with Crippen molar-refractivity contribution in [1.29, 1.82) is 0 Å². The van der Waals surface area contributed by atoms with E-state index >= 15 is 0 Å². The highest BCUT2D eigenvalue weighted by atomic mass is 32.1. The van der Waals surface area contributed by atoms with Crippen molar-refractivity contribution >= 4 is 16.5 Å².